The fourth-order valence-corrected chi connectivity index (χ4v) is 2.43. The summed E-state index contributed by atoms with van der Waals surface area (Å²) < 4.78 is 13.1. The predicted molar refractivity (Wildman–Crippen MR) is 92.5 cm³/mol. The van der Waals surface area contributed by atoms with Crippen LogP contribution in [0.15, 0.2) is 52.1 Å². The Labute approximate surface area is 139 Å². The Morgan fingerprint density at radius 1 is 1.33 bits per heavy atom. The van der Waals surface area contributed by atoms with Gasteiger partial charge in [0.05, 0.1) is 6.61 Å². The lowest BCUT2D eigenvalue weighted by molar-refractivity contribution is 0.0946. The van der Waals surface area contributed by atoms with Gasteiger partial charge in [-0.15, -0.1) is 0 Å². The molecule has 0 unspecified atom stereocenters. The van der Waals surface area contributed by atoms with Gasteiger partial charge in [0.2, 0.25) is 0 Å². The summed E-state index contributed by atoms with van der Waals surface area (Å²) in [5.41, 5.74) is 4.34. The third-order valence-electron chi connectivity index (χ3n) is 3.67. The monoisotopic (exact) mass is 325 g/mol. The van der Waals surface area contributed by atoms with Crippen LogP contribution in [-0.4, -0.2) is 22.8 Å². The van der Waals surface area contributed by atoms with Crippen LogP contribution < -0.4 is 10.2 Å². The molecule has 0 aliphatic heterocycles. The van der Waals surface area contributed by atoms with Gasteiger partial charge in [0.1, 0.15) is 11.4 Å². The van der Waals surface area contributed by atoms with Gasteiger partial charge in [0, 0.05) is 18.6 Å². The largest absolute Gasteiger partial charge is 0.490 e. The first-order chi connectivity index (χ1) is 11.6. The third-order valence-corrected chi connectivity index (χ3v) is 3.67. The number of hydrogen-bond donors (Lipinski definition) is 1. The van der Waals surface area contributed by atoms with Crippen LogP contribution in [0.1, 0.15) is 30.1 Å². The van der Waals surface area contributed by atoms with Crippen molar-refractivity contribution in [2.75, 3.05) is 6.61 Å². The van der Waals surface area contributed by atoms with Crippen molar-refractivity contribution in [1.82, 2.24) is 9.99 Å². The average molecular weight is 325 g/mol. The second kappa shape index (κ2) is 6.62. The number of ether oxygens (including phenoxy) is 1. The second-order valence-corrected chi connectivity index (χ2v) is 5.36. The number of hydrogen-bond acceptors (Lipinski definition) is 4. The molecule has 0 fully saturated rings. The molecule has 24 heavy (non-hydrogen) atoms. The highest BCUT2D eigenvalue weighted by molar-refractivity contribution is 6.01. The van der Waals surface area contributed by atoms with Crippen molar-refractivity contribution in [3.05, 3.63) is 54.0 Å². The van der Waals surface area contributed by atoms with E-state index in [1.54, 1.807) is 36.9 Å². The standard InChI is InChI=1S/C18H19N3O3/c1-4-23-15-9-5-7-13-11-16(24-17(13)15)12(2)19-20-18(22)14-8-6-10-21(14)3/h5-11H,4H2,1-3H3,(H,20,22)/b19-12+. The highest BCUT2D eigenvalue weighted by atomic mass is 16.5. The first-order valence-electron chi connectivity index (χ1n) is 7.72. The van der Waals surface area contributed by atoms with Crippen molar-refractivity contribution >= 4 is 22.6 Å². The SMILES string of the molecule is CCOc1cccc2cc(/C(C)=N/NC(=O)c3cccn3C)oc12. The Morgan fingerprint density at radius 3 is 2.88 bits per heavy atom. The minimum atomic E-state index is -0.270. The molecule has 0 saturated carbocycles. The van der Waals surface area contributed by atoms with Crippen LogP contribution in [0.2, 0.25) is 0 Å². The van der Waals surface area contributed by atoms with Crippen LogP contribution in [-0.2, 0) is 7.05 Å². The van der Waals surface area contributed by atoms with E-state index in [-0.39, 0.29) is 5.91 Å². The highest BCUT2D eigenvalue weighted by Crippen LogP contribution is 2.29. The number of benzene rings is 1. The summed E-state index contributed by atoms with van der Waals surface area (Å²) in [6.45, 7) is 4.27. The van der Waals surface area contributed by atoms with E-state index in [1.807, 2.05) is 31.2 Å². The van der Waals surface area contributed by atoms with E-state index in [2.05, 4.69) is 10.5 Å². The molecule has 1 amide bonds. The molecule has 2 aromatic heterocycles. The summed E-state index contributed by atoms with van der Waals surface area (Å²) in [6.07, 6.45) is 1.81. The van der Waals surface area contributed by atoms with E-state index >= 15 is 0 Å². The number of hydrazone groups is 1. The van der Waals surface area contributed by atoms with Crippen molar-refractivity contribution in [2.45, 2.75) is 13.8 Å². The van der Waals surface area contributed by atoms with Crippen molar-refractivity contribution < 1.29 is 13.9 Å². The molecule has 0 saturated heterocycles. The van der Waals surface area contributed by atoms with Crippen molar-refractivity contribution in [1.29, 1.82) is 0 Å². The number of amides is 1. The summed E-state index contributed by atoms with van der Waals surface area (Å²) in [5.74, 6) is 1.01. The number of carbonyl (C=O) groups is 1. The molecule has 0 aliphatic rings. The Balaban J connectivity index is 1.83. The van der Waals surface area contributed by atoms with Crippen LogP contribution >= 0.6 is 0 Å². The smallest absolute Gasteiger partial charge is 0.287 e. The number of aryl methyl sites for hydroxylation is 1. The molecule has 3 aromatic rings. The summed E-state index contributed by atoms with van der Waals surface area (Å²) >= 11 is 0. The van der Waals surface area contributed by atoms with Crippen LogP contribution in [0.4, 0.5) is 0 Å². The van der Waals surface area contributed by atoms with E-state index in [0.29, 0.717) is 35.1 Å². The number of nitrogens with zero attached hydrogens (tertiary/aromatic N) is 2. The molecule has 0 atom stereocenters. The van der Waals surface area contributed by atoms with Gasteiger partial charge < -0.3 is 13.7 Å². The van der Waals surface area contributed by atoms with E-state index < -0.39 is 0 Å². The third kappa shape index (κ3) is 3.03. The number of rotatable bonds is 5. The number of fused-ring (bicyclic) bond motifs is 1. The first kappa shape index (κ1) is 15.9. The lowest BCUT2D eigenvalue weighted by Gasteiger charge is -2.03. The molecule has 1 N–H and O–H groups in total. The van der Waals surface area contributed by atoms with Crippen LogP contribution in [0.25, 0.3) is 11.0 Å². The lowest BCUT2D eigenvalue weighted by Crippen LogP contribution is -2.21. The fraction of sp³-hybridized carbons (Fsp3) is 0.222. The molecule has 6 nitrogen and oxygen atoms in total. The Bertz CT molecular complexity index is 905. The maximum atomic E-state index is 12.1. The van der Waals surface area contributed by atoms with Gasteiger partial charge in [0.25, 0.3) is 5.91 Å². The van der Waals surface area contributed by atoms with E-state index in [0.717, 1.165) is 5.39 Å². The van der Waals surface area contributed by atoms with Crippen molar-refractivity contribution in [2.24, 2.45) is 12.1 Å². The number of carbonyl (C=O) groups excluding carboxylic acids is 1. The van der Waals surface area contributed by atoms with Gasteiger partial charge in [-0.1, -0.05) is 12.1 Å². The minimum absolute atomic E-state index is 0.270. The molecule has 0 bridgehead atoms. The topological polar surface area (TPSA) is 68.8 Å². The van der Waals surface area contributed by atoms with E-state index in [4.69, 9.17) is 9.15 Å². The van der Waals surface area contributed by atoms with E-state index in [1.165, 1.54) is 0 Å². The molecular weight excluding hydrogens is 306 g/mol. The van der Waals surface area contributed by atoms with Gasteiger partial charge >= 0.3 is 0 Å². The van der Waals surface area contributed by atoms with Gasteiger partial charge in [-0.05, 0) is 38.1 Å². The fourth-order valence-electron chi connectivity index (χ4n) is 2.43. The zero-order valence-corrected chi connectivity index (χ0v) is 13.9. The Hall–Kier alpha value is -3.02. The summed E-state index contributed by atoms with van der Waals surface area (Å²) in [4.78, 5) is 12.1. The quantitative estimate of drug-likeness (QED) is 0.578. The lowest BCUT2D eigenvalue weighted by atomic mass is 10.2. The molecule has 1 aromatic carbocycles. The zero-order chi connectivity index (χ0) is 17.1. The number of furan rings is 1. The number of nitrogens with one attached hydrogen (secondary N) is 1. The summed E-state index contributed by atoms with van der Waals surface area (Å²) in [5, 5.41) is 5.06. The average Bonchev–Trinajstić information content (AvgIpc) is 3.19. The molecule has 2 heterocycles. The van der Waals surface area contributed by atoms with Crippen molar-refractivity contribution in [3.8, 4) is 5.75 Å². The molecule has 0 aliphatic carbocycles. The molecule has 0 spiro atoms. The zero-order valence-electron chi connectivity index (χ0n) is 13.9. The maximum absolute atomic E-state index is 12.1. The predicted octanol–water partition coefficient (Wildman–Crippen LogP) is 3.32. The first-order valence-corrected chi connectivity index (χ1v) is 7.72. The molecule has 6 heteroatoms. The Morgan fingerprint density at radius 2 is 2.17 bits per heavy atom. The van der Waals surface area contributed by atoms with Gasteiger partial charge in [-0.25, -0.2) is 5.43 Å². The van der Waals surface area contributed by atoms with E-state index in [9.17, 15) is 4.79 Å². The second-order valence-electron chi connectivity index (χ2n) is 5.36. The van der Waals surface area contributed by atoms with Crippen LogP contribution in [0.3, 0.4) is 0 Å². The maximum Gasteiger partial charge on any atom is 0.287 e. The minimum Gasteiger partial charge on any atom is -0.490 e. The van der Waals surface area contributed by atoms with Gasteiger partial charge in [-0.3, -0.25) is 4.79 Å². The normalized spacial score (nSPS) is 11.7. The molecule has 3 rings (SSSR count). The number of para-hydroxylation sites is 1. The molecule has 124 valence electrons. The number of aromatic nitrogens is 1. The van der Waals surface area contributed by atoms with Gasteiger partial charge in [-0.2, -0.15) is 5.10 Å². The van der Waals surface area contributed by atoms with Gasteiger partial charge in [0.15, 0.2) is 17.1 Å². The highest BCUT2D eigenvalue weighted by Gasteiger charge is 2.12. The van der Waals surface area contributed by atoms with Crippen molar-refractivity contribution in [3.63, 3.8) is 0 Å². The van der Waals surface area contributed by atoms with Crippen LogP contribution in [0, 0.1) is 0 Å². The van der Waals surface area contributed by atoms with Crippen LogP contribution in [0.5, 0.6) is 5.75 Å². The Kier molecular flexibility index (Phi) is 4.37. The molecule has 0 radical (unpaired) electrons. The summed E-state index contributed by atoms with van der Waals surface area (Å²) in [7, 11) is 1.81. The molecular formula is C18H19N3O3. The summed E-state index contributed by atoms with van der Waals surface area (Å²) in [6, 6.07) is 11.1.